The summed E-state index contributed by atoms with van der Waals surface area (Å²) < 4.78 is 12.4. The zero-order chi connectivity index (χ0) is 63.0. The van der Waals surface area contributed by atoms with Gasteiger partial charge in [0.25, 0.3) is 17.7 Å². The summed E-state index contributed by atoms with van der Waals surface area (Å²) in [7, 11) is 5.15. The van der Waals surface area contributed by atoms with Gasteiger partial charge in [0.05, 0.1) is 48.8 Å². The summed E-state index contributed by atoms with van der Waals surface area (Å²) in [5.74, 6) is -2.15. The number of ether oxygens (including phenoxy) is 2. The highest BCUT2D eigenvalue weighted by atomic mass is 16.7. The van der Waals surface area contributed by atoms with Crippen LogP contribution in [0.4, 0.5) is 0 Å². The second-order valence-electron chi connectivity index (χ2n) is 26.3. The Morgan fingerprint density at radius 3 is 1.94 bits per heavy atom. The van der Waals surface area contributed by atoms with Gasteiger partial charge < -0.3 is 29.5 Å². The van der Waals surface area contributed by atoms with Gasteiger partial charge in [0, 0.05) is 103 Å². The standard InChI is InChI=1S/C67H105N7O12/c1-13-46(6)51(55(84-11)42-60(80)72-33-20-25-53(72)64(85-12)49(9)54(75)26-19-31-67(66(83)74-35-17-18-40-86-74)43-52(67)50-23-15-14-16-24-50)41-47(7)48(8)63(81)61(44(2)3)68-65(82)62(45(4)5)69(10)32-21-27-56(76)70-36-38-71(39-37-70)57(77)28-22-34-73-58(78)29-30-59(73)79/h14-16,23-24,29-30,44-49,51-53,55,61-62,64H,13,17-22,25-28,31-43H2,1-12H3,(H,68,82). The van der Waals surface area contributed by atoms with Gasteiger partial charge in [-0.3, -0.25) is 57.8 Å². The Labute approximate surface area is 513 Å². The summed E-state index contributed by atoms with van der Waals surface area (Å²) in [6.45, 7) is 22.1. The lowest BCUT2D eigenvalue weighted by molar-refractivity contribution is -0.203. The Kier molecular flexibility index (Phi) is 26.5. The maximum absolute atomic E-state index is 14.6. The Bertz CT molecular complexity index is 2480. The third-order valence-corrected chi connectivity index (χ3v) is 19.9. The first-order chi connectivity index (χ1) is 41.0. The van der Waals surface area contributed by atoms with Crippen LogP contribution in [0.1, 0.15) is 170 Å². The van der Waals surface area contributed by atoms with Crippen LogP contribution in [0.5, 0.6) is 0 Å². The lowest BCUT2D eigenvalue weighted by Crippen LogP contribution is -2.55. The number of rotatable bonds is 34. The average Bonchev–Trinajstić information content (AvgIpc) is 1.60. The van der Waals surface area contributed by atoms with E-state index in [0.717, 1.165) is 42.6 Å². The van der Waals surface area contributed by atoms with Gasteiger partial charge in [0.2, 0.25) is 23.6 Å². The molecular formula is C67H105N7O12. The molecule has 1 aromatic carbocycles. The Balaban J connectivity index is 0.981. The first kappa shape index (κ1) is 69.7. The van der Waals surface area contributed by atoms with E-state index in [4.69, 9.17) is 14.3 Å². The van der Waals surface area contributed by atoms with Crippen LogP contribution in [0, 0.1) is 46.8 Å². The number of ketones is 2. The molecule has 86 heavy (non-hydrogen) atoms. The molecule has 1 aromatic rings. The van der Waals surface area contributed by atoms with Crippen molar-refractivity contribution in [3.05, 3.63) is 48.0 Å². The molecule has 12 atom stereocenters. The first-order valence-corrected chi connectivity index (χ1v) is 32.5. The third-order valence-electron chi connectivity index (χ3n) is 19.9. The number of methoxy groups -OCH3 is 2. The van der Waals surface area contributed by atoms with E-state index in [2.05, 4.69) is 38.2 Å². The number of nitrogens with zero attached hydrogens (tertiary/aromatic N) is 6. The SMILES string of the molecule is CCC(C)C(CC(C)C(C)C(=O)C(NC(=O)C(C(C)C)N(C)CCCC(=O)N1CCN(C(=O)CCCN2C(=O)C=CC2=O)CC1)C(C)C)C(CC(=O)N1CCCC1C(OC)C(C)C(=O)CCCC1(C(=O)N2CCCCO2)CC1c1ccccc1)OC. The number of nitrogens with one attached hydrogen (secondary N) is 1. The number of benzene rings is 1. The van der Waals surface area contributed by atoms with Crippen LogP contribution in [0.15, 0.2) is 42.5 Å². The quantitative estimate of drug-likeness (QED) is 0.0658. The average molecular weight is 1200 g/mol. The summed E-state index contributed by atoms with van der Waals surface area (Å²) in [5.41, 5.74) is 0.543. The van der Waals surface area contributed by atoms with Gasteiger partial charge in [-0.15, -0.1) is 0 Å². The number of likely N-dealkylation sites (N-methyl/N-ethyl adjacent to an activating group) is 1. The maximum atomic E-state index is 14.6. The highest BCUT2D eigenvalue weighted by Gasteiger charge is 2.61. The number of likely N-dealkylation sites (tertiary alicyclic amines) is 1. The van der Waals surface area contributed by atoms with Crippen LogP contribution in [-0.2, 0) is 57.5 Å². The summed E-state index contributed by atoms with van der Waals surface area (Å²) in [5, 5.41) is 4.73. The molecular weight excluding hydrogens is 1090 g/mol. The largest absolute Gasteiger partial charge is 0.381 e. The number of imide groups is 1. The van der Waals surface area contributed by atoms with Gasteiger partial charge in [-0.2, -0.15) is 0 Å². The minimum Gasteiger partial charge on any atom is -0.381 e. The predicted molar refractivity (Wildman–Crippen MR) is 329 cm³/mol. The minimum absolute atomic E-state index is 0.0138. The van der Waals surface area contributed by atoms with E-state index in [-0.39, 0.29) is 120 Å². The van der Waals surface area contributed by atoms with Crippen molar-refractivity contribution in [3.63, 3.8) is 0 Å². The normalized spacial score (nSPS) is 23.1. The second-order valence-corrected chi connectivity index (χ2v) is 26.3. The van der Waals surface area contributed by atoms with Crippen molar-refractivity contribution in [2.45, 2.75) is 195 Å². The number of Topliss-reactive ketones (excluding diaryl/α,β-unsaturated/α-hetero) is 2. The molecule has 19 heteroatoms. The van der Waals surface area contributed by atoms with Crippen molar-refractivity contribution in [3.8, 4) is 0 Å². The molecule has 1 N–H and O–H groups in total. The molecule has 0 bridgehead atoms. The summed E-state index contributed by atoms with van der Waals surface area (Å²) in [6, 6.07) is 8.58. The molecule has 0 radical (unpaired) electrons. The molecule has 4 aliphatic heterocycles. The number of hydrogen-bond donors (Lipinski definition) is 1. The molecule has 3 saturated heterocycles. The Hall–Kier alpha value is -5.37. The van der Waals surface area contributed by atoms with Crippen molar-refractivity contribution in [2.24, 2.45) is 46.8 Å². The van der Waals surface area contributed by atoms with E-state index in [9.17, 15) is 43.2 Å². The van der Waals surface area contributed by atoms with Crippen LogP contribution in [0.25, 0.3) is 0 Å². The van der Waals surface area contributed by atoms with Crippen molar-refractivity contribution in [2.75, 3.05) is 80.2 Å². The number of hydrogen-bond acceptors (Lipinski definition) is 13. The summed E-state index contributed by atoms with van der Waals surface area (Å²) in [4.78, 5) is 136. The summed E-state index contributed by atoms with van der Waals surface area (Å²) in [6.07, 6.45) is 10.1. The monoisotopic (exact) mass is 1200 g/mol. The van der Waals surface area contributed by atoms with Gasteiger partial charge in [-0.05, 0) is 119 Å². The molecule has 5 aliphatic rings. The van der Waals surface area contributed by atoms with Crippen LogP contribution in [-0.4, -0.2) is 193 Å². The Morgan fingerprint density at radius 2 is 1.37 bits per heavy atom. The van der Waals surface area contributed by atoms with Crippen LogP contribution >= 0.6 is 0 Å². The van der Waals surface area contributed by atoms with Crippen molar-refractivity contribution in [1.82, 2.24) is 34.9 Å². The molecule has 1 saturated carbocycles. The topological polar surface area (TPSA) is 213 Å². The van der Waals surface area contributed by atoms with E-state index in [0.29, 0.717) is 97.4 Å². The first-order valence-electron chi connectivity index (χ1n) is 32.5. The molecule has 4 fully saturated rings. The molecule has 6 rings (SSSR count). The molecule has 19 nitrogen and oxygen atoms in total. The molecule has 7 amide bonds. The highest BCUT2D eigenvalue weighted by Crippen LogP contribution is 2.63. The minimum atomic E-state index is -0.736. The fraction of sp³-hybridized carbons (Fsp3) is 0.746. The summed E-state index contributed by atoms with van der Waals surface area (Å²) >= 11 is 0. The van der Waals surface area contributed by atoms with Gasteiger partial charge in [0.15, 0.2) is 5.78 Å². The van der Waals surface area contributed by atoms with Gasteiger partial charge in [-0.1, -0.05) is 99.1 Å². The smallest absolute Gasteiger partial charge is 0.253 e. The molecule has 4 heterocycles. The zero-order valence-electron chi connectivity index (χ0n) is 54.1. The fourth-order valence-corrected chi connectivity index (χ4v) is 14.1. The van der Waals surface area contributed by atoms with E-state index in [1.807, 2.05) is 76.6 Å². The molecule has 12 unspecified atom stereocenters. The maximum Gasteiger partial charge on any atom is 0.253 e. The van der Waals surface area contributed by atoms with Crippen LogP contribution in [0.2, 0.25) is 0 Å². The lowest BCUT2D eigenvalue weighted by atomic mass is 9.74. The van der Waals surface area contributed by atoms with E-state index in [1.54, 1.807) is 29.1 Å². The zero-order valence-corrected chi connectivity index (χ0v) is 54.1. The number of hydroxylamine groups is 2. The molecule has 1 aliphatic carbocycles. The number of amides is 7. The predicted octanol–water partition coefficient (Wildman–Crippen LogP) is 7.65. The van der Waals surface area contributed by atoms with Crippen molar-refractivity contribution >= 4 is 52.9 Å². The van der Waals surface area contributed by atoms with Crippen molar-refractivity contribution in [1.29, 1.82) is 0 Å². The van der Waals surface area contributed by atoms with E-state index < -0.39 is 41.5 Å². The fourth-order valence-electron chi connectivity index (χ4n) is 14.1. The van der Waals surface area contributed by atoms with E-state index in [1.165, 1.54) is 12.2 Å². The number of piperazine rings is 1. The van der Waals surface area contributed by atoms with E-state index >= 15 is 0 Å². The number of carbonyl (C=O) groups is 9. The van der Waals surface area contributed by atoms with Crippen molar-refractivity contribution < 1.29 is 57.5 Å². The van der Waals surface area contributed by atoms with Gasteiger partial charge >= 0.3 is 0 Å². The molecule has 0 spiro atoms. The van der Waals surface area contributed by atoms with Gasteiger partial charge in [0.1, 0.15) is 5.78 Å². The Morgan fingerprint density at radius 1 is 0.733 bits per heavy atom. The van der Waals surface area contributed by atoms with Gasteiger partial charge in [-0.25, -0.2) is 5.06 Å². The highest BCUT2D eigenvalue weighted by molar-refractivity contribution is 6.12. The van der Waals surface area contributed by atoms with Crippen LogP contribution < -0.4 is 5.32 Å². The van der Waals surface area contributed by atoms with Crippen LogP contribution in [0.3, 0.4) is 0 Å². The third kappa shape index (κ3) is 17.7. The number of carbonyl (C=O) groups excluding carboxylic acids is 9. The molecule has 0 aromatic heterocycles. The lowest BCUT2D eigenvalue weighted by Gasteiger charge is -2.37. The second kappa shape index (κ2) is 32.7. The molecule has 480 valence electrons.